The third-order valence-corrected chi connectivity index (χ3v) is 4.71. The van der Waals surface area contributed by atoms with Crippen LogP contribution in [-0.2, 0) is 11.2 Å². The van der Waals surface area contributed by atoms with Crippen LogP contribution in [0.25, 0.3) is 0 Å². The zero-order valence-corrected chi connectivity index (χ0v) is 15.3. The van der Waals surface area contributed by atoms with Crippen molar-refractivity contribution < 1.29 is 13.9 Å². The second-order valence-electron chi connectivity index (χ2n) is 6.91. The summed E-state index contributed by atoms with van der Waals surface area (Å²) >= 11 is 0. The van der Waals surface area contributed by atoms with Crippen LogP contribution in [0, 0.1) is 19.7 Å². The zero-order valence-electron chi connectivity index (χ0n) is 15.3. The van der Waals surface area contributed by atoms with Gasteiger partial charge in [0, 0.05) is 28.9 Å². The smallest absolute Gasteiger partial charge is 0.225 e. The summed E-state index contributed by atoms with van der Waals surface area (Å²) < 4.78 is 21.0. The standard InChI is InChI=1S/C19H24FN3O2/c1-10(2)23-12(4)16(11(3)22-23)9-18(24)21-19-13(5)25-17-8-14(20)6-7-15(17)19/h6-8,10,13,19H,9H2,1-5H3,(H,21,24)/t13-,19-/m1/s1. The minimum absolute atomic E-state index is 0.0906. The Morgan fingerprint density at radius 1 is 1.40 bits per heavy atom. The van der Waals surface area contributed by atoms with Crippen LogP contribution >= 0.6 is 0 Å². The lowest BCUT2D eigenvalue weighted by atomic mass is 10.0. The van der Waals surface area contributed by atoms with Gasteiger partial charge < -0.3 is 10.1 Å². The highest BCUT2D eigenvalue weighted by atomic mass is 19.1. The summed E-state index contributed by atoms with van der Waals surface area (Å²) in [5.41, 5.74) is 3.66. The highest BCUT2D eigenvalue weighted by Crippen LogP contribution is 2.37. The van der Waals surface area contributed by atoms with Crippen LogP contribution in [0.3, 0.4) is 0 Å². The molecule has 0 saturated heterocycles. The van der Waals surface area contributed by atoms with Gasteiger partial charge in [0.2, 0.25) is 5.91 Å². The molecular formula is C19H24FN3O2. The average Bonchev–Trinajstić information content (AvgIpc) is 2.98. The number of hydrogen-bond acceptors (Lipinski definition) is 3. The van der Waals surface area contributed by atoms with Crippen LogP contribution in [0.2, 0.25) is 0 Å². The topological polar surface area (TPSA) is 56.2 Å². The van der Waals surface area contributed by atoms with E-state index < -0.39 is 0 Å². The van der Waals surface area contributed by atoms with E-state index >= 15 is 0 Å². The Morgan fingerprint density at radius 2 is 2.12 bits per heavy atom. The fraction of sp³-hybridized carbons (Fsp3) is 0.474. The van der Waals surface area contributed by atoms with Crippen LogP contribution in [0.5, 0.6) is 5.75 Å². The molecule has 1 aliphatic heterocycles. The summed E-state index contributed by atoms with van der Waals surface area (Å²) in [6.45, 7) is 9.92. The summed E-state index contributed by atoms with van der Waals surface area (Å²) in [7, 11) is 0. The Kier molecular flexibility index (Phi) is 4.54. The lowest BCUT2D eigenvalue weighted by Crippen LogP contribution is -2.35. The molecule has 6 heteroatoms. The molecule has 0 unspecified atom stereocenters. The summed E-state index contributed by atoms with van der Waals surface area (Å²) in [4.78, 5) is 12.6. The lowest BCUT2D eigenvalue weighted by Gasteiger charge is -2.17. The van der Waals surface area contributed by atoms with Gasteiger partial charge in [0.15, 0.2) is 0 Å². The molecule has 0 bridgehead atoms. The van der Waals surface area contributed by atoms with Crippen LogP contribution in [0.4, 0.5) is 4.39 Å². The fourth-order valence-electron chi connectivity index (χ4n) is 3.42. The van der Waals surface area contributed by atoms with Gasteiger partial charge >= 0.3 is 0 Å². The first-order valence-electron chi connectivity index (χ1n) is 8.58. The molecular weight excluding hydrogens is 321 g/mol. The SMILES string of the molecule is Cc1nn(C(C)C)c(C)c1CC(=O)N[C@H]1c2ccc(F)cc2O[C@@H]1C. The Balaban J connectivity index is 1.76. The Labute approximate surface area is 147 Å². The highest BCUT2D eigenvalue weighted by Gasteiger charge is 2.33. The molecule has 1 aromatic carbocycles. The number of benzene rings is 1. The lowest BCUT2D eigenvalue weighted by molar-refractivity contribution is -0.121. The monoisotopic (exact) mass is 345 g/mol. The third-order valence-electron chi connectivity index (χ3n) is 4.71. The van der Waals surface area contributed by atoms with Crippen LogP contribution in [0.1, 0.15) is 55.4 Å². The van der Waals surface area contributed by atoms with Gasteiger partial charge in [-0.15, -0.1) is 0 Å². The van der Waals surface area contributed by atoms with Gasteiger partial charge in [0.05, 0.1) is 18.2 Å². The Morgan fingerprint density at radius 3 is 2.76 bits per heavy atom. The summed E-state index contributed by atoms with van der Waals surface area (Å²) in [5, 5.41) is 7.55. The first-order chi connectivity index (χ1) is 11.8. The van der Waals surface area contributed by atoms with E-state index in [9.17, 15) is 9.18 Å². The maximum Gasteiger partial charge on any atom is 0.225 e. The van der Waals surface area contributed by atoms with Crippen molar-refractivity contribution in [2.45, 2.75) is 59.2 Å². The molecule has 0 fully saturated rings. The number of ether oxygens (including phenoxy) is 1. The number of halogens is 1. The van der Waals surface area contributed by atoms with Crippen molar-refractivity contribution in [2.24, 2.45) is 0 Å². The van der Waals surface area contributed by atoms with Crippen LogP contribution < -0.4 is 10.1 Å². The molecule has 0 spiro atoms. The maximum absolute atomic E-state index is 13.3. The number of aryl methyl sites for hydroxylation is 1. The van der Waals surface area contributed by atoms with Crippen LogP contribution in [0.15, 0.2) is 18.2 Å². The highest BCUT2D eigenvalue weighted by molar-refractivity contribution is 5.80. The minimum Gasteiger partial charge on any atom is -0.488 e. The predicted molar refractivity (Wildman–Crippen MR) is 93.2 cm³/mol. The van der Waals surface area contributed by atoms with E-state index in [2.05, 4.69) is 24.3 Å². The van der Waals surface area contributed by atoms with Crippen molar-refractivity contribution in [1.29, 1.82) is 0 Å². The Bertz CT molecular complexity index is 813. The number of aromatic nitrogens is 2. The van der Waals surface area contributed by atoms with Gasteiger partial charge in [-0.1, -0.05) is 6.07 Å². The molecule has 1 N–H and O–H groups in total. The van der Waals surface area contributed by atoms with Crippen LogP contribution in [-0.4, -0.2) is 21.8 Å². The van der Waals surface area contributed by atoms with Crippen molar-refractivity contribution in [1.82, 2.24) is 15.1 Å². The minimum atomic E-state index is -0.342. The molecule has 2 heterocycles. The molecule has 3 rings (SSSR count). The van der Waals surface area contributed by atoms with Crippen molar-refractivity contribution in [3.63, 3.8) is 0 Å². The van der Waals surface area contributed by atoms with Crippen molar-refractivity contribution in [3.8, 4) is 5.75 Å². The van der Waals surface area contributed by atoms with E-state index in [1.54, 1.807) is 6.07 Å². The largest absolute Gasteiger partial charge is 0.488 e. The molecule has 134 valence electrons. The number of hydrogen-bond donors (Lipinski definition) is 1. The first-order valence-corrected chi connectivity index (χ1v) is 8.58. The van der Waals surface area contributed by atoms with E-state index in [4.69, 9.17) is 4.74 Å². The molecule has 25 heavy (non-hydrogen) atoms. The molecule has 5 nitrogen and oxygen atoms in total. The first kappa shape index (κ1) is 17.5. The Hall–Kier alpha value is -2.37. The normalized spacial score (nSPS) is 19.0. The second kappa shape index (κ2) is 6.50. The summed E-state index contributed by atoms with van der Waals surface area (Å²) in [6.07, 6.45) is 0.0331. The fourth-order valence-corrected chi connectivity index (χ4v) is 3.42. The van der Waals surface area contributed by atoms with Gasteiger partial charge in [-0.05, 0) is 40.7 Å². The van der Waals surface area contributed by atoms with Gasteiger partial charge in [-0.25, -0.2) is 4.39 Å². The number of amides is 1. The zero-order chi connectivity index (χ0) is 18.3. The number of fused-ring (bicyclic) bond motifs is 1. The number of nitrogens with zero attached hydrogens (tertiary/aromatic N) is 2. The van der Waals surface area contributed by atoms with Crippen molar-refractivity contribution in [2.75, 3.05) is 0 Å². The predicted octanol–water partition coefficient (Wildman–Crippen LogP) is 3.40. The van der Waals surface area contributed by atoms with Gasteiger partial charge in [0.1, 0.15) is 17.7 Å². The molecule has 1 aromatic heterocycles. The summed E-state index contributed by atoms with van der Waals surface area (Å²) in [6, 6.07) is 4.40. The molecule has 1 amide bonds. The quantitative estimate of drug-likeness (QED) is 0.924. The van der Waals surface area contributed by atoms with Gasteiger partial charge in [0.25, 0.3) is 0 Å². The number of rotatable bonds is 4. The molecule has 0 saturated carbocycles. The van der Waals surface area contributed by atoms with E-state index in [0.29, 0.717) is 5.75 Å². The van der Waals surface area contributed by atoms with E-state index in [1.165, 1.54) is 12.1 Å². The summed E-state index contributed by atoms with van der Waals surface area (Å²) in [5.74, 6) is 0.0650. The molecule has 0 radical (unpaired) electrons. The number of carbonyl (C=O) groups is 1. The number of nitrogens with one attached hydrogen (secondary N) is 1. The molecule has 2 atom stereocenters. The van der Waals surface area contributed by atoms with E-state index in [0.717, 1.165) is 22.5 Å². The van der Waals surface area contributed by atoms with Crippen molar-refractivity contribution >= 4 is 5.91 Å². The van der Waals surface area contributed by atoms with Gasteiger partial charge in [-0.3, -0.25) is 9.48 Å². The van der Waals surface area contributed by atoms with E-state index in [1.807, 2.05) is 25.5 Å². The van der Waals surface area contributed by atoms with E-state index in [-0.39, 0.29) is 36.3 Å². The van der Waals surface area contributed by atoms with Gasteiger partial charge in [-0.2, -0.15) is 5.10 Å². The second-order valence-corrected chi connectivity index (χ2v) is 6.91. The average molecular weight is 345 g/mol. The number of carbonyl (C=O) groups excluding carboxylic acids is 1. The molecule has 2 aromatic rings. The third kappa shape index (κ3) is 3.25. The molecule has 1 aliphatic rings. The molecule has 0 aliphatic carbocycles. The van der Waals surface area contributed by atoms with Crippen molar-refractivity contribution in [3.05, 3.63) is 46.5 Å². The maximum atomic E-state index is 13.3.